The minimum Gasteiger partial charge on any atom is -0.348 e. The quantitative estimate of drug-likeness (QED) is 0.788. The van der Waals surface area contributed by atoms with Crippen molar-refractivity contribution in [3.63, 3.8) is 0 Å². The number of amides is 3. The number of urea groups is 1. The summed E-state index contributed by atoms with van der Waals surface area (Å²) < 4.78 is 0. The third kappa shape index (κ3) is 4.27. The molecule has 2 fully saturated rings. The van der Waals surface area contributed by atoms with Crippen LogP contribution in [0.2, 0.25) is 5.02 Å². The van der Waals surface area contributed by atoms with Gasteiger partial charge in [0.2, 0.25) is 5.91 Å². The summed E-state index contributed by atoms with van der Waals surface area (Å²) in [5, 5.41) is 3.44. The monoisotopic (exact) mass is 440 g/mol. The second-order valence-electron chi connectivity index (χ2n) is 9.00. The topological polar surface area (TPSA) is 55.9 Å². The second kappa shape index (κ2) is 8.52. The third-order valence-electron chi connectivity index (χ3n) is 6.41. The molecule has 2 aliphatic rings. The Bertz CT molecular complexity index is 981. The van der Waals surface area contributed by atoms with Crippen LogP contribution in [0.3, 0.4) is 0 Å². The molecule has 0 saturated carbocycles. The molecule has 2 atom stereocenters. The summed E-state index contributed by atoms with van der Waals surface area (Å²) in [5.41, 5.74) is 2.28. The van der Waals surface area contributed by atoms with E-state index < -0.39 is 5.41 Å². The number of anilines is 1. The minimum absolute atomic E-state index is 0.0942. The first-order chi connectivity index (χ1) is 14.8. The average molecular weight is 441 g/mol. The molecule has 1 N–H and O–H groups in total. The van der Waals surface area contributed by atoms with Gasteiger partial charge in [-0.1, -0.05) is 48.0 Å². The number of carbonyl (C=O) groups is 2. The largest absolute Gasteiger partial charge is 0.348 e. The molecule has 2 heterocycles. The highest BCUT2D eigenvalue weighted by atomic mass is 35.5. The normalized spacial score (nSPS) is 23.0. The van der Waals surface area contributed by atoms with E-state index in [4.69, 9.17) is 11.6 Å². The average Bonchev–Trinajstić information content (AvgIpc) is 3.25. The molecule has 2 saturated heterocycles. The maximum Gasteiger partial charge on any atom is 0.321 e. The summed E-state index contributed by atoms with van der Waals surface area (Å²) in [6.45, 7) is 5.18. The van der Waals surface area contributed by atoms with Crippen LogP contribution in [0, 0.1) is 18.3 Å². The molecule has 2 aromatic carbocycles. The summed E-state index contributed by atoms with van der Waals surface area (Å²) in [6.07, 6.45) is 0. The van der Waals surface area contributed by atoms with E-state index in [9.17, 15) is 9.59 Å². The molecule has 4 rings (SSSR count). The number of aryl methyl sites for hydroxylation is 1. The van der Waals surface area contributed by atoms with Crippen molar-refractivity contribution in [3.05, 3.63) is 64.7 Å². The molecule has 0 aromatic heterocycles. The summed E-state index contributed by atoms with van der Waals surface area (Å²) in [6, 6.07) is 15.7. The van der Waals surface area contributed by atoms with Gasteiger partial charge in [0.1, 0.15) is 0 Å². The molecule has 7 heteroatoms. The van der Waals surface area contributed by atoms with Gasteiger partial charge >= 0.3 is 6.03 Å². The Kier molecular flexibility index (Phi) is 5.95. The van der Waals surface area contributed by atoms with Crippen LogP contribution in [-0.4, -0.2) is 66.9 Å². The highest BCUT2D eigenvalue weighted by Crippen LogP contribution is 2.44. The van der Waals surface area contributed by atoms with Crippen molar-refractivity contribution in [2.75, 3.05) is 45.6 Å². The van der Waals surface area contributed by atoms with Gasteiger partial charge in [-0.15, -0.1) is 0 Å². The van der Waals surface area contributed by atoms with Crippen molar-refractivity contribution >= 4 is 29.2 Å². The van der Waals surface area contributed by atoms with Crippen LogP contribution in [0.25, 0.3) is 0 Å². The Morgan fingerprint density at radius 3 is 2.55 bits per heavy atom. The Morgan fingerprint density at radius 2 is 1.87 bits per heavy atom. The molecular formula is C24H29ClN4O2. The first-order valence-electron chi connectivity index (χ1n) is 10.6. The minimum atomic E-state index is -0.577. The highest BCUT2D eigenvalue weighted by Gasteiger charge is 2.58. The lowest BCUT2D eigenvalue weighted by Gasteiger charge is -2.31. The maximum absolute atomic E-state index is 13.3. The standard InChI is InChI=1S/C24H29ClN4O2/c1-17-9-10-21(20(25)11-17)26-23(31)29-14-19-13-28(12-18-7-5-4-6-8-18)15-24(19,16-29)22(30)27(2)3/h4-11,19H,12-16H2,1-3H3,(H,26,31)/t19-,24-/m0/s1. The number of nitrogens with zero attached hydrogens (tertiary/aromatic N) is 3. The van der Waals surface area contributed by atoms with E-state index in [1.54, 1.807) is 23.9 Å². The highest BCUT2D eigenvalue weighted by molar-refractivity contribution is 6.33. The summed E-state index contributed by atoms with van der Waals surface area (Å²) in [4.78, 5) is 32.1. The van der Waals surface area contributed by atoms with Crippen LogP contribution < -0.4 is 5.32 Å². The molecule has 2 aliphatic heterocycles. The van der Waals surface area contributed by atoms with Gasteiger partial charge in [0, 0.05) is 52.7 Å². The number of benzene rings is 2. The summed E-state index contributed by atoms with van der Waals surface area (Å²) in [5.74, 6) is 0.196. The third-order valence-corrected chi connectivity index (χ3v) is 6.73. The van der Waals surface area contributed by atoms with E-state index in [1.165, 1.54) is 5.56 Å². The Labute approximate surface area is 188 Å². The number of nitrogens with one attached hydrogen (secondary N) is 1. The van der Waals surface area contributed by atoms with Crippen LogP contribution in [0.5, 0.6) is 0 Å². The van der Waals surface area contributed by atoms with Gasteiger partial charge in [0.15, 0.2) is 0 Å². The van der Waals surface area contributed by atoms with Crippen LogP contribution in [0.1, 0.15) is 11.1 Å². The van der Waals surface area contributed by atoms with Crippen molar-refractivity contribution in [1.29, 1.82) is 0 Å². The predicted molar refractivity (Wildman–Crippen MR) is 123 cm³/mol. The van der Waals surface area contributed by atoms with E-state index in [2.05, 4.69) is 22.3 Å². The van der Waals surface area contributed by atoms with Crippen LogP contribution >= 0.6 is 11.6 Å². The first kappa shape index (κ1) is 21.7. The first-order valence-corrected chi connectivity index (χ1v) is 11.0. The van der Waals surface area contributed by atoms with Crippen molar-refractivity contribution in [2.45, 2.75) is 13.5 Å². The fraction of sp³-hybridized carbons (Fsp3) is 0.417. The molecule has 31 heavy (non-hydrogen) atoms. The molecule has 0 radical (unpaired) electrons. The van der Waals surface area contributed by atoms with Crippen molar-refractivity contribution in [1.82, 2.24) is 14.7 Å². The van der Waals surface area contributed by atoms with Crippen molar-refractivity contribution in [2.24, 2.45) is 11.3 Å². The Hall–Kier alpha value is -2.57. The van der Waals surface area contributed by atoms with E-state index in [0.29, 0.717) is 30.3 Å². The van der Waals surface area contributed by atoms with Gasteiger partial charge in [-0.3, -0.25) is 9.69 Å². The lowest BCUT2D eigenvalue weighted by molar-refractivity contribution is -0.139. The summed E-state index contributed by atoms with van der Waals surface area (Å²) in [7, 11) is 3.59. The van der Waals surface area contributed by atoms with Gasteiger partial charge in [0.05, 0.1) is 16.1 Å². The molecule has 0 spiro atoms. The molecular weight excluding hydrogens is 412 g/mol. The van der Waals surface area contributed by atoms with Crippen LogP contribution in [-0.2, 0) is 11.3 Å². The number of hydrogen-bond donors (Lipinski definition) is 1. The van der Waals surface area contributed by atoms with Gasteiger partial charge in [-0.05, 0) is 30.2 Å². The molecule has 2 aromatic rings. The van der Waals surface area contributed by atoms with E-state index >= 15 is 0 Å². The molecule has 0 unspecified atom stereocenters. The van der Waals surface area contributed by atoms with Crippen molar-refractivity contribution in [3.8, 4) is 0 Å². The van der Waals surface area contributed by atoms with Gasteiger partial charge < -0.3 is 15.1 Å². The van der Waals surface area contributed by atoms with Crippen molar-refractivity contribution < 1.29 is 9.59 Å². The predicted octanol–water partition coefficient (Wildman–Crippen LogP) is 3.70. The zero-order chi connectivity index (χ0) is 22.2. The number of likely N-dealkylation sites (tertiary alicyclic amines) is 2. The molecule has 6 nitrogen and oxygen atoms in total. The van der Waals surface area contributed by atoms with Gasteiger partial charge in [0.25, 0.3) is 0 Å². The zero-order valence-electron chi connectivity index (χ0n) is 18.3. The molecule has 0 aliphatic carbocycles. The number of carbonyl (C=O) groups excluding carboxylic acids is 2. The van der Waals surface area contributed by atoms with Gasteiger partial charge in [-0.25, -0.2) is 4.79 Å². The number of halogens is 1. The smallest absolute Gasteiger partial charge is 0.321 e. The number of hydrogen-bond acceptors (Lipinski definition) is 3. The molecule has 3 amide bonds. The fourth-order valence-corrected chi connectivity index (χ4v) is 5.23. The van der Waals surface area contributed by atoms with E-state index in [1.807, 2.05) is 43.3 Å². The molecule has 164 valence electrons. The second-order valence-corrected chi connectivity index (χ2v) is 9.41. The van der Waals surface area contributed by atoms with Gasteiger partial charge in [-0.2, -0.15) is 0 Å². The number of rotatable bonds is 4. The Morgan fingerprint density at radius 1 is 1.13 bits per heavy atom. The van der Waals surface area contributed by atoms with Crippen LogP contribution in [0.15, 0.2) is 48.5 Å². The lowest BCUT2D eigenvalue weighted by atomic mass is 9.80. The fourth-order valence-electron chi connectivity index (χ4n) is 4.95. The lowest BCUT2D eigenvalue weighted by Crippen LogP contribution is -2.47. The molecule has 0 bridgehead atoms. The van der Waals surface area contributed by atoms with E-state index in [-0.39, 0.29) is 17.9 Å². The SMILES string of the molecule is Cc1ccc(NC(=O)N2C[C@@H]3CN(Cc4ccccc4)C[C@]3(C(=O)N(C)C)C2)c(Cl)c1. The number of fused-ring (bicyclic) bond motifs is 1. The zero-order valence-corrected chi connectivity index (χ0v) is 19.0. The summed E-state index contributed by atoms with van der Waals surface area (Å²) >= 11 is 6.29. The van der Waals surface area contributed by atoms with Crippen LogP contribution in [0.4, 0.5) is 10.5 Å². The Balaban J connectivity index is 1.50. The van der Waals surface area contributed by atoms with E-state index in [0.717, 1.165) is 18.7 Å². The maximum atomic E-state index is 13.3.